The number of carbonyl (C=O) groups is 2. The van der Waals surface area contributed by atoms with E-state index < -0.39 is 6.04 Å². The fourth-order valence-corrected chi connectivity index (χ4v) is 3.27. The van der Waals surface area contributed by atoms with Gasteiger partial charge in [0.1, 0.15) is 11.8 Å². The van der Waals surface area contributed by atoms with Gasteiger partial charge in [0.25, 0.3) is 0 Å². The van der Waals surface area contributed by atoms with E-state index in [0.29, 0.717) is 22.4 Å². The Morgan fingerprint density at radius 3 is 2.96 bits per heavy atom. The maximum absolute atomic E-state index is 12.5. The van der Waals surface area contributed by atoms with Crippen molar-refractivity contribution in [2.75, 3.05) is 17.7 Å². The van der Waals surface area contributed by atoms with Gasteiger partial charge in [0.2, 0.25) is 17.8 Å². The zero-order chi connectivity index (χ0) is 18.3. The van der Waals surface area contributed by atoms with Gasteiger partial charge in [-0.15, -0.1) is 0 Å². The SMILES string of the molecule is COc1ccc(Cl)cc1NC(=O)C[C@H]1C(=O)Nc2nc3ccccc3n21. The molecule has 2 N–H and O–H groups in total. The second kappa shape index (κ2) is 6.34. The Bertz CT molecular complexity index is 1030. The van der Waals surface area contributed by atoms with Crippen LogP contribution in [0.15, 0.2) is 42.5 Å². The molecule has 3 aromatic rings. The number of fused-ring (bicyclic) bond motifs is 3. The van der Waals surface area contributed by atoms with Crippen molar-refractivity contribution in [3.05, 3.63) is 47.5 Å². The third-order valence-corrected chi connectivity index (χ3v) is 4.49. The van der Waals surface area contributed by atoms with Gasteiger partial charge in [0.05, 0.1) is 30.3 Å². The van der Waals surface area contributed by atoms with Crippen LogP contribution in [-0.2, 0) is 9.59 Å². The summed E-state index contributed by atoms with van der Waals surface area (Å²) in [7, 11) is 1.51. The molecule has 132 valence electrons. The normalized spacial score (nSPS) is 15.6. The van der Waals surface area contributed by atoms with E-state index in [9.17, 15) is 9.59 Å². The molecule has 2 aromatic carbocycles. The van der Waals surface area contributed by atoms with E-state index in [-0.39, 0.29) is 18.2 Å². The lowest BCUT2D eigenvalue weighted by molar-refractivity contribution is -0.123. The summed E-state index contributed by atoms with van der Waals surface area (Å²) in [6.07, 6.45) is -0.0329. The highest BCUT2D eigenvalue weighted by atomic mass is 35.5. The molecule has 0 unspecified atom stereocenters. The number of methoxy groups -OCH3 is 1. The summed E-state index contributed by atoms with van der Waals surface area (Å²) in [6.45, 7) is 0. The highest BCUT2D eigenvalue weighted by molar-refractivity contribution is 6.31. The molecular formula is C18H15ClN4O3. The van der Waals surface area contributed by atoms with Crippen LogP contribution in [0.25, 0.3) is 11.0 Å². The third-order valence-electron chi connectivity index (χ3n) is 4.26. The molecule has 8 heteroatoms. The second-order valence-electron chi connectivity index (χ2n) is 5.90. The number of imidazole rings is 1. The van der Waals surface area contributed by atoms with Crippen LogP contribution in [-0.4, -0.2) is 28.5 Å². The molecular weight excluding hydrogens is 356 g/mol. The van der Waals surface area contributed by atoms with Crippen molar-refractivity contribution in [3.63, 3.8) is 0 Å². The van der Waals surface area contributed by atoms with Gasteiger partial charge in [-0.1, -0.05) is 23.7 Å². The van der Waals surface area contributed by atoms with E-state index in [1.165, 1.54) is 7.11 Å². The zero-order valence-corrected chi connectivity index (χ0v) is 14.6. The summed E-state index contributed by atoms with van der Waals surface area (Å²) >= 11 is 5.98. The number of hydrogen-bond acceptors (Lipinski definition) is 4. The van der Waals surface area contributed by atoms with Crippen molar-refractivity contribution < 1.29 is 14.3 Å². The van der Waals surface area contributed by atoms with Gasteiger partial charge >= 0.3 is 0 Å². The van der Waals surface area contributed by atoms with Crippen LogP contribution in [0, 0.1) is 0 Å². The molecule has 0 aliphatic carbocycles. The van der Waals surface area contributed by atoms with E-state index in [4.69, 9.17) is 16.3 Å². The average molecular weight is 371 g/mol. The van der Waals surface area contributed by atoms with E-state index in [1.807, 2.05) is 24.3 Å². The van der Waals surface area contributed by atoms with E-state index in [0.717, 1.165) is 11.0 Å². The monoisotopic (exact) mass is 370 g/mol. The minimum absolute atomic E-state index is 0.0329. The van der Waals surface area contributed by atoms with Crippen LogP contribution in [0.4, 0.5) is 11.6 Å². The van der Waals surface area contributed by atoms with Crippen molar-refractivity contribution in [3.8, 4) is 5.75 Å². The molecule has 0 bridgehead atoms. The van der Waals surface area contributed by atoms with Crippen molar-refractivity contribution in [1.82, 2.24) is 9.55 Å². The Balaban J connectivity index is 1.59. The summed E-state index contributed by atoms with van der Waals surface area (Å²) < 4.78 is 6.98. The van der Waals surface area contributed by atoms with Crippen molar-refractivity contribution in [2.24, 2.45) is 0 Å². The summed E-state index contributed by atoms with van der Waals surface area (Å²) in [6, 6.07) is 11.8. The topological polar surface area (TPSA) is 85.2 Å². The number of anilines is 2. The first-order valence-electron chi connectivity index (χ1n) is 7.98. The minimum atomic E-state index is -0.664. The predicted octanol–water partition coefficient (Wildman–Crippen LogP) is 3.22. The smallest absolute Gasteiger partial charge is 0.250 e. The van der Waals surface area contributed by atoms with Crippen LogP contribution in [0.1, 0.15) is 12.5 Å². The molecule has 1 aliphatic heterocycles. The molecule has 0 radical (unpaired) electrons. The molecule has 0 spiro atoms. The molecule has 2 heterocycles. The molecule has 0 saturated carbocycles. The number of aromatic nitrogens is 2. The van der Waals surface area contributed by atoms with Crippen LogP contribution < -0.4 is 15.4 Å². The summed E-state index contributed by atoms with van der Waals surface area (Å²) in [5, 5.41) is 5.96. The minimum Gasteiger partial charge on any atom is -0.495 e. The molecule has 7 nitrogen and oxygen atoms in total. The Labute approximate surface area is 153 Å². The molecule has 26 heavy (non-hydrogen) atoms. The highest BCUT2D eigenvalue weighted by Crippen LogP contribution is 2.33. The predicted molar refractivity (Wildman–Crippen MR) is 98.7 cm³/mol. The average Bonchev–Trinajstić information content (AvgIpc) is 3.11. The molecule has 1 atom stereocenters. The standard InChI is InChI=1S/C18H15ClN4O3/c1-26-15-7-6-10(19)8-12(15)20-16(24)9-14-17(25)22-18-21-11-4-2-3-5-13(11)23(14)18/h2-8,14H,9H2,1H3,(H,20,24)(H,21,22,25)/t14-/m0/s1. The zero-order valence-electron chi connectivity index (χ0n) is 13.8. The van der Waals surface area contributed by atoms with Gasteiger partial charge in [-0.3, -0.25) is 19.5 Å². The van der Waals surface area contributed by atoms with Crippen LogP contribution in [0.2, 0.25) is 5.02 Å². The number of amides is 2. The maximum atomic E-state index is 12.5. The number of carbonyl (C=O) groups excluding carboxylic acids is 2. The van der Waals surface area contributed by atoms with Gasteiger partial charge in [0.15, 0.2) is 0 Å². The van der Waals surface area contributed by atoms with Crippen molar-refractivity contribution in [1.29, 1.82) is 0 Å². The molecule has 0 fully saturated rings. The molecule has 4 rings (SSSR count). The highest BCUT2D eigenvalue weighted by Gasteiger charge is 2.34. The molecule has 0 saturated heterocycles. The summed E-state index contributed by atoms with van der Waals surface area (Å²) in [4.78, 5) is 29.2. The number of benzene rings is 2. The lowest BCUT2D eigenvalue weighted by atomic mass is 10.1. The Kier molecular flexibility index (Phi) is 4.00. The van der Waals surface area contributed by atoms with Crippen molar-refractivity contribution >= 4 is 46.1 Å². The van der Waals surface area contributed by atoms with E-state index in [2.05, 4.69) is 15.6 Å². The molecule has 1 aliphatic rings. The molecule has 1 aromatic heterocycles. The number of para-hydroxylation sites is 2. The van der Waals surface area contributed by atoms with E-state index >= 15 is 0 Å². The number of nitrogens with one attached hydrogen (secondary N) is 2. The number of rotatable bonds is 4. The first kappa shape index (κ1) is 16.4. The lowest BCUT2D eigenvalue weighted by Gasteiger charge is -2.14. The van der Waals surface area contributed by atoms with Gasteiger partial charge in [-0.05, 0) is 30.3 Å². The quantitative estimate of drug-likeness (QED) is 0.738. The van der Waals surface area contributed by atoms with Crippen LogP contribution in [0.3, 0.4) is 0 Å². The van der Waals surface area contributed by atoms with Gasteiger partial charge < -0.3 is 10.1 Å². The number of halogens is 1. The van der Waals surface area contributed by atoms with Crippen molar-refractivity contribution in [2.45, 2.75) is 12.5 Å². The van der Waals surface area contributed by atoms with Gasteiger partial charge in [0, 0.05) is 5.02 Å². The van der Waals surface area contributed by atoms with Gasteiger partial charge in [-0.25, -0.2) is 4.98 Å². The largest absolute Gasteiger partial charge is 0.495 e. The summed E-state index contributed by atoms with van der Waals surface area (Å²) in [5.41, 5.74) is 2.03. The Morgan fingerprint density at radius 1 is 1.35 bits per heavy atom. The number of nitrogens with zero attached hydrogens (tertiary/aromatic N) is 2. The molecule has 2 amide bonds. The Morgan fingerprint density at radius 2 is 2.15 bits per heavy atom. The fraction of sp³-hybridized carbons (Fsp3) is 0.167. The second-order valence-corrected chi connectivity index (χ2v) is 6.33. The van der Waals surface area contributed by atoms with E-state index in [1.54, 1.807) is 22.8 Å². The van der Waals surface area contributed by atoms with Gasteiger partial charge in [-0.2, -0.15) is 0 Å². The first-order valence-corrected chi connectivity index (χ1v) is 8.36. The first-order chi connectivity index (χ1) is 12.6. The lowest BCUT2D eigenvalue weighted by Crippen LogP contribution is -2.23. The maximum Gasteiger partial charge on any atom is 0.250 e. The van der Waals surface area contributed by atoms with Crippen LogP contribution in [0.5, 0.6) is 5.75 Å². The number of ether oxygens (including phenoxy) is 1. The number of hydrogen-bond donors (Lipinski definition) is 2. The van der Waals surface area contributed by atoms with Crippen LogP contribution >= 0.6 is 11.6 Å². The summed E-state index contributed by atoms with van der Waals surface area (Å²) in [5.74, 6) is 0.365. The fourth-order valence-electron chi connectivity index (χ4n) is 3.10. The third kappa shape index (κ3) is 2.76. The Hall–Kier alpha value is -3.06.